The van der Waals surface area contributed by atoms with Gasteiger partial charge in [0.15, 0.2) is 11.5 Å². The van der Waals surface area contributed by atoms with Gasteiger partial charge in [0.05, 0.1) is 23.8 Å². The molecule has 1 amide bonds. The summed E-state index contributed by atoms with van der Waals surface area (Å²) in [5.41, 5.74) is 1.24. The Morgan fingerprint density at radius 1 is 1.18 bits per heavy atom. The normalized spacial score (nSPS) is 18.1. The van der Waals surface area contributed by atoms with Crippen molar-refractivity contribution in [2.45, 2.75) is 37.8 Å². The van der Waals surface area contributed by atoms with E-state index in [1.54, 1.807) is 19.2 Å². The van der Waals surface area contributed by atoms with Gasteiger partial charge in [0.25, 0.3) is 0 Å². The number of aliphatic hydroxyl groups excluding tert-OH is 1. The van der Waals surface area contributed by atoms with Crippen LogP contribution in [0.15, 0.2) is 36.7 Å². The predicted molar refractivity (Wildman–Crippen MR) is 123 cm³/mol. The van der Waals surface area contributed by atoms with Crippen LogP contribution in [0.25, 0.3) is 10.9 Å². The summed E-state index contributed by atoms with van der Waals surface area (Å²) >= 11 is 5.90. The quantitative estimate of drug-likeness (QED) is 0.475. The van der Waals surface area contributed by atoms with Crippen molar-refractivity contribution in [2.24, 2.45) is 0 Å². The van der Waals surface area contributed by atoms with E-state index in [2.05, 4.69) is 20.6 Å². The zero-order chi connectivity index (χ0) is 23.4. The molecular formula is C23H24ClFN4O4. The van der Waals surface area contributed by atoms with E-state index < -0.39 is 12.4 Å². The summed E-state index contributed by atoms with van der Waals surface area (Å²) in [6.07, 6.45) is 4.40. The number of halogens is 2. The first-order valence-electron chi connectivity index (χ1n) is 10.6. The van der Waals surface area contributed by atoms with Gasteiger partial charge in [-0.3, -0.25) is 4.79 Å². The Hall–Kier alpha value is -3.17. The van der Waals surface area contributed by atoms with Crippen molar-refractivity contribution >= 4 is 39.9 Å². The number of fused-ring (bicyclic) bond motifs is 1. The van der Waals surface area contributed by atoms with Crippen molar-refractivity contribution in [3.63, 3.8) is 0 Å². The molecule has 10 heteroatoms. The molecule has 4 rings (SSSR count). The predicted octanol–water partition coefficient (Wildman–Crippen LogP) is 3.97. The Labute approximate surface area is 195 Å². The molecule has 1 fully saturated rings. The number of nitrogens with zero attached hydrogens (tertiary/aromatic N) is 2. The fourth-order valence-corrected chi connectivity index (χ4v) is 4.08. The number of amides is 1. The Balaban J connectivity index is 1.55. The lowest BCUT2D eigenvalue weighted by atomic mass is 9.93. The van der Waals surface area contributed by atoms with Crippen LogP contribution in [0.2, 0.25) is 5.02 Å². The van der Waals surface area contributed by atoms with E-state index in [0.29, 0.717) is 33.9 Å². The molecule has 0 aliphatic heterocycles. The summed E-state index contributed by atoms with van der Waals surface area (Å²) in [5.74, 6) is 0.764. The minimum Gasteiger partial charge on any atom is -0.493 e. The van der Waals surface area contributed by atoms with Gasteiger partial charge >= 0.3 is 0 Å². The Morgan fingerprint density at radius 3 is 2.67 bits per heavy atom. The van der Waals surface area contributed by atoms with Gasteiger partial charge in [-0.25, -0.2) is 14.4 Å². The number of aliphatic hydroxyl groups is 1. The van der Waals surface area contributed by atoms with Crippen molar-refractivity contribution in [3.05, 3.63) is 47.5 Å². The molecule has 0 atom stereocenters. The van der Waals surface area contributed by atoms with Crippen LogP contribution in [0.1, 0.15) is 25.7 Å². The van der Waals surface area contributed by atoms with Gasteiger partial charge in [0, 0.05) is 23.2 Å². The standard InChI is InChI=1S/C23H24ClFN4O4/c1-32-20-10-19-16(23(27-12-26-19)29-14-4-7-18(25)17(24)8-14)9-21(20)33-15-5-2-13(3-6-15)28-22(31)11-30/h4,7-10,12-13,15,30H,2-3,5-6,11H2,1H3,(H,28,31)(H,26,27,29)/t13-,15-. The topological polar surface area (TPSA) is 106 Å². The lowest BCUT2D eigenvalue weighted by Gasteiger charge is -2.29. The summed E-state index contributed by atoms with van der Waals surface area (Å²) in [6.45, 7) is -0.507. The molecule has 1 saturated carbocycles. The molecule has 0 spiro atoms. The fourth-order valence-electron chi connectivity index (χ4n) is 3.90. The highest BCUT2D eigenvalue weighted by molar-refractivity contribution is 6.31. The summed E-state index contributed by atoms with van der Waals surface area (Å²) < 4.78 is 25.3. The van der Waals surface area contributed by atoms with Gasteiger partial charge in [-0.1, -0.05) is 11.6 Å². The Kier molecular flexibility index (Phi) is 7.10. The molecule has 0 radical (unpaired) electrons. The van der Waals surface area contributed by atoms with E-state index in [1.807, 2.05) is 6.07 Å². The third-order valence-corrected chi connectivity index (χ3v) is 5.87. The molecule has 1 aromatic heterocycles. The SMILES string of the molecule is COc1cc2ncnc(Nc3ccc(F)c(Cl)c3)c2cc1O[C@H]1CC[C@H](NC(=O)CO)CC1. The molecular weight excluding hydrogens is 451 g/mol. The number of carbonyl (C=O) groups excluding carboxylic acids is 1. The largest absolute Gasteiger partial charge is 0.493 e. The second-order valence-electron chi connectivity index (χ2n) is 7.81. The van der Waals surface area contributed by atoms with E-state index in [-0.39, 0.29) is 23.1 Å². The number of benzene rings is 2. The second kappa shape index (κ2) is 10.2. The van der Waals surface area contributed by atoms with Gasteiger partial charge < -0.3 is 25.2 Å². The number of nitrogens with one attached hydrogen (secondary N) is 2. The van der Waals surface area contributed by atoms with E-state index in [4.69, 9.17) is 26.2 Å². The molecule has 1 heterocycles. The summed E-state index contributed by atoms with van der Waals surface area (Å²) in [7, 11) is 1.57. The first-order chi connectivity index (χ1) is 16.0. The Bertz CT molecular complexity index is 1150. The van der Waals surface area contributed by atoms with Gasteiger partial charge in [0.2, 0.25) is 5.91 Å². The number of carbonyl (C=O) groups is 1. The van der Waals surface area contributed by atoms with Gasteiger partial charge in [-0.15, -0.1) is 0 Å². The molecule has 1 aliphatic rings. The van der Waals surface area contributed by atoms with E-state index >= 15 is 0 Å². The highest BCUT2D eigenvalue weighted by Gasteiger charge is 2.25. The minimum absolute atomic E-state index is 0.00911. The van der Waals surface area contributed by atoms with Crippen molar-refractivity contribution in [3.8, 4) is 11.5 Å². The second-order valence-corrected chi connectivity index (χ2v) is 8.22. The highest BCUT2D eigenvalue weighted by Crippen LogP contribution is 2.37. The maximum Gasteiger partial charge on any atom is 0.245 e. The van der Waals surface area contributed by atoms with Crippen molar-refractivity contribution in [1.29, 1.82) is 0 Å². The molecule has 3 N–H and O–H groups in total. The number of anilines is 2. The van der Waals surface area contributed by atoms with Crippen LogP contribution in [0, 0.1) is 5.82 Å². The van der Waals surface area contributed by atoms with E-state index in [0.717, 1.165) is 25.7 Å². The van der Waals surface area contributed by atoms with Crippen LogP contribution >= 0.6 is 11.6 Å². The fraction of sp³-hybridized carbons (Fsp3) is 0.348. The Morgan fingerprint density at radius 2 is 1.97 bits per heavy atom. The molecule has 0 bridgehead atoms. The average molecular weight is 475 g/mol. The number of aromatic nitrogens is 2. The molecule has 33 heavy (non-hydrogen) atoms. The van der Waals surface area contributed by atoms with Crippen molar-refractivity contribution in [2.75, 3.05) is 19.0 Å². The minimum atomic E-state index is -0.507. The first-order valence-corrected chi connectivity index (χ1v) is 11.0. The summed E-state index contributed by atoms with van der Waals surface area (Å²) in [4.78, 5) is 20.1. The van der Waals surface area contributed by atoms with Gasteiger partial charge in [-0.2, -0.15) is 0 Å². The van der Waals surface area contributed by atoms with Crippen LogP contribution in [0.5, 0.6) is 11.5 Å². The van der Waals surface area contributed by atoms with Crippen molar-refractivity contribution < 1.29 is 23.8 Å². The maximum atomic E-state index is 13.5. The first kappa shape index (κ1) is 23.0. The van der Waals surface area contributed by atoms with Gasteiger partial charge in [-0.05, 0) is 49.9 Å². The van der Waals surface area contributed by atoms with Crippen LogP contribution in [0.4, 0.5) is 15.9 Å². The number of rotatable bonds is 7. The lowest BCUT2D eigenvalue weighted by Crippen LogP contribution is -2.40. The van der Waals surface area contributed by atoms with Crippen LogP contribution in [-0.4, -0.2) is 46.8 Å². The lowest BCUT2D eigenvalue weighted by molar-refractivity contribution is -0.124. The molecule has 0 unspecified atom stereocenters. The third kappa shape index (κ3) is 5.43. The molecule has 1 aliphatic carbocycles. The monoisotopic (exact) mass is 474 g/mol. The number of hydrogen-bond acceptors (Lipinski definition) is 7. The van der Waals surface area contributed by atoms with Gasteiger partial charge in [0.1, 0.15) is 24.6 Å². The zero-order valence-corrected chi connectivity index (χ0v) is 18.7. The van der Waals surface area contributed by atoms with Crippen molar-refractivity contribution in [1.82, 2.24) is 15.3 Å². The zero-order valence-electron chi connectivity index (χ0n) is 18.0. The smallest absolute Gasteiger partial charge is 0.245 e. The maximum absolute atomic E-state index is 13.5. The molecule has 174 valence electrons. The number of methoxy groups -OCH3 is 1. The number of ether oxygens (including phenoxy) is 2. The summed E-state index contributed by atoms with van der Waals surface area (Å²) in [5, 5.41) is 15.6. The summed E-state index contributed by atoms with van der Waals surface area (Å²) in [6, 6.07) is 7.98. The van der Waals surface area contributed by atoms with E-state index in [1.165, 1.54) is 18.5 Å². The molecule has 2 aromatic carbocycles. The molecule has 0 saturated heterocycles. The van der Waals surface area contributed by atoms with E-state index in [9.17, 15) is 9.18 Å². The average Bonchev–Trinajstić information content (AvgIpc) is 2.82. The van der Waals surface area contributed by atoms with Crippen LogP contribution < -0.4 is 20.1 Å². The number of hydrogen-bond donors (Lipinski definition) is 3. The molecule has 8 nitrogen and oxygen atoms in total. The van der Waals surface area contributed by atoms with Crippen LogP contribution in [-0.2, 0) is 4.79 Å². The van der Waals surface area contributed by atoms with Crippen LogP contribution in [0.3, 0.4) is 0 Å². The third-order valence-electron chi connectivity index (χ3n) is 5.58. The molecule has 3 aromatic rings. The highest BCUT2D eigenvalue weighted by atomic mass is 35.5.